The summed E-state index contributed by atoms with van der Waals surface area (Å²) in [5, 5.41) is 0. The van der Waals surface area contributed by atoms with Crippen molar-refractivity contribution in [3.05, 3.63) is 34.5 Å². The molecule has 0 bridgehead atoms. The van der Waals surface area contributed by atoms with E-state index in [-0.39, 0.29) is 5.56 Å². The highest BCUT2D eigenvalue weighted by molar-refractivity contribution is 5.30. The van der Waals surface area contributed by atoms with E-state index in [0.717, 1.165) is 18.7 Å². The van der Waals surface area contributed by atoms with Crippen LogP contribution in [0.1, 0.15) is 56.7 Å². The number of fused-ring (bicyclic) bond motifs is 1. The summed E-state index contributed by atoms with van der Waals surface area (Å²) >= 11 is 0. The van der Waals surface area contributed by atoms with E-state index >= 15 is 0 Å². The standard InChI is InChI=1S/C16H22N4O/c21-15-11-13(18-16-17-8-10-20(15)16)14-7-3-4-9-19(14)12-5-1-2-6-12/h8,10-12,14H,1-7,9H2,(H,17,18). The third-order valence-corrected chi connectivity index (χ3v) is 5.11. The van der Waals surface area contributed by atoms with Crippen LogP contribution in [0.25, 0.3) is 5.78 Å². The van der Waals surface area contributed by atoms with Gasteiger partial charge in [0.1, 0.15) is 0 Å². The number of hydrogen-bond donors (Lipinski definition) is 1. The first-order valence-electron chi connectivity index (χ1n) is 8.15. The fourth-order valence-corrected chi connectivity index (χ4v) is 4.08. The quantitative estimate of drug-likeness (QED) is 0.923. The molecule has 1 aliphatic carbocycles. The Balaban J connectivity index is 1.71. The number of nitrogens with one attached hydrogen (secondary N) is 1. The summed E-state index contributed by atoms with van der Waals surface area (Å²) in [6, 6.07) is 2.83. The third-order valence-electron chi connectivity index (χ3n) is 5.11. The van der Waals surface area contributed by atoms with Crippen LogP contribution in [-0.2, 0) is 0 Å². The molecule has 1 saturated heterocycles. The smallest absolute Gasteiger partial charge is 0.259 e. The number of nitrogens with zero attached hydrogens (tertiary/aromatic N) is 3. The molecule has 5 nitrogen and oxygen atoms in total. The molecule has 1 aliphatic heterocycles. The number of H-pyrrole nitrogens is 1. The van der Waals surface area contributed by atoms with Crippen LogP contribution in [0.4, 0.5) is 0 Å². The van der Waals surface area contributed by atoms with Crippen LogP contribution in [0.3, 0.4) is 0 Å². The molecule has 1 saturated carbocycles. The predicted molar refractivity (Wildman–Crippen MR) is 81.4 cm³/mol. The minimum Gasteiger partial charge on any atom is -0.327 e. The maximum atomic E-state index is 12.2. The van der Waals surface area contributed by atoms with E-state index in [9.17, 15) is 4.79 Å². The lowest BCUT2D eigenvalue weighted by molar-refractivity contribution is 0.0943. The van der Waals surface area contributed by atoms with Gasteiger partial charge in [-0.05, 0) is 32.2 Å². The first-order chi connectivity index (χ1) is 10.3. The molecule has 2 aromatic heterocycles. The molecule has 1 N–H and O–H groups in total. The largest absolute Gasteiger partial charge is 0.327 e. The van der Waals surface area contributed by atoms with Crippen molar-refractivity contribution in [1.82, 2.24) is 19.3 Å². The molecule has 1 atom stereocenters. The van der Waals surface area contributed by atoms with Gasteiger partial charge in [0.15, 0.2) is 0 Å². The fourth-order valence-electron chi connectivity index (χ4n) is 4.08. The van der Waals surface area contributed by atoms with Crippen LogP contribution in [0.5, 0.6) is 0 Å². The first kappa shape index (κ1) is 13.1. The second kappa shape index (κ2) is 5.30. The minimum atomic E-state index is 0.0215. The second-order valence-corrected chi connectivity index (χ2v) is 6.37. The van der Waals surface area contributed by atoms with Crippen molar-refractivity contribution in [2.24, 2.45) is 0 Å². The van der Waals surface area contributed by atoms with E-state index in [2.05, 4.69) is 14.9 Å². The highest BCUT2D eigenvalue weighted by Crippen LogP contribution is 2.36. The van der Waals surface area contributed by atoms with Crippen LogP contribution in [-0.4, -0.2) is 31.9 Å². The molecule has 0 aromatic carbocycles. The van der Waals surface area contributed by atoms with Crippen molar-refractivity contribution in [1.29, 1.82) is 0 Å². The predicted octanol–water partition coefficient (Wildman–Crippen LogP) is 2.49. The molecular formula is C16H22N4O. The third kappa shape index (κ3) is 2.29. The molecular weight excluding hydrogens is 264 g/mol. The van der Waals surface area contributed by atoms with E-state index in [1.165, 1.54) is 38.5 Å². The van der Waals surface area contributed by atoms with E-state index in [0.29, 0.717) is 17.9 Å². The molecule has 5 heteroatoms. The van der Waals surface area contributed by atoms with Crippen LogP contribution < -0.4 is 5.56 Å². The lowest BCUT2D eigenvalue weighted by Gasteiger charge is -2.39. The number of aromatic nitrogens is 3. The number of aromatic amines is 1. The molecule has 1 unspecified atom stereocenters. The molecule has 4 rings (SSSR count). The fraction of sp³-hybridized carbons (Fsp3) is 0.625. The van der Waals surface area contributed by atoms with Crippen molar-refractivity contribution >= 4 is 5.78 Å². The Morgan fingerprint density at radius 3 is 2.81 bits per heavy atom. The Labute approximate surface area is 124 Å². The topological polar surface area (TPSA) is 53.4 Å². The van der Waals surface area contributed by atoms with E-state index in [1.54, 1.807) is 22.9 Å². The highest BCUT2D eigenvalue weighted by atomic mass is 16.1. The van der Waals surface area contributed by atoms with E-state index in [1.807, 2.05) is 0 Å². The Morgan fingerprint density at radius 1 is 1.14 bits per heavy atom. The summed E-state index contributed by atoms with van der Waals surface area (Å²) in [4.78, 5) is 22.5. The maximum Gasteiger partial charge on any atom is 0.259 e. The summed E-state index contributed by atoms with van der Waals surface area (Å²) in [7, 11) is 0. The van der Waals surface area contributed by atoms with Gasteiger partial charge in [0.05, 0.1) is 6.04 Å². The van der Waals surface area contributed by atoms with Gasteiger partial charge in [-0.15, -0.1) is 0 Å². The number of rotatable bonds is 2. The Bertz CT molecular complexity index is 683. The second-order valence-electron chi connectivity index (χ2n) is 6.37. The zero-order valence-corrected chi connectivity index (χ0v) is 12.3. The van der Waals surface area contributed by atoms with Gasteiger partial charge in [0.25, 0.3) is 5.56 Å². The van der Waals surface area contributed by atoms with E-state index in [4.69, 9.17) is 0 Å². The number of imidazole rings is 1. The van der Waals surface area contributed by atoms with Crippen LogP contribution in [0.2, 0.25) is 0 Å². The summed E-state index contributed by atoms with van der Waals surface area (Å²) in [5.74, 6) is 0.662. The minimum absolute atomic E-state index is 0.0215. The Hall–Kier alpha value is -1.62. The number of piperidine rings is 1. The van der Waals surface area contributed by atoms with Gasteiger partial charge in [-0.1, -0.05) is 19.3 Å². The molecule has 112 valence electrons. The molecule has 0 radical (unpaired) electrons. The maximum absolute atomic E-state index is 12.2. The lowest BCUT2D eigenvalue weighted by atomic mass is 9.96. The summed E-state index contributed by atoms with van der Waals surface area (Å²) < 4.78 is 1.58. The Morgan fingerprint density at radius 2 is 1.95 bits per heavy atom. The monoisotopic (exact) mass is 286 g/mol. The van der Waals surface area contributed by atoms with Crippen LogP contribution >= 0.6 is 0 Å². The van der Waals surface area contributed by atoms with Crippen LogP contribution in [0.15, 0.2) is 23.3 Å². The number of hydrogen-bond acceptors (Lipinski definition) is 3. The molecule has 21 heavy (non-hydrogen) atoms. The zero-order valence-electron chi connectivity index (χ0n) is 12.3. The Kier molecular flexibility index (Phi) is 3.30. The molecule has 2 aliphatic rings. The molecule has 2 aromatic rings. The average molecular weight is 286 g/mol. The SMILES string of the molecule is O=c1cc(C2CCCCN2C2CCCC2)[nH]c2nccn12. The van der Waals surface area contributed by atoms with Gasteiger partial charge in [-0.25, -0.2) is 4.98 Å². The first-order valence-corrected chi connectivity index (χ1v) is 8.15. The zero-order chi connectivity index (χ0) is 14.2. The van der Waals surface area contributed by atoms with E-state index < -0.39 is 0 Å². The van der Waals surface area contributed by atoms with Crippen molar-refractivity contribution < 1.29 is 0 Å². The molecule has 0 amide bonds. The molecule has 2 fully saturated rings. The summed E-state index contributed by atoms with van der Waals surface area (Å²) in [5.41, 5.74) is 1.07. The van der Waals surface area contributed by atoms with Gasteiger partial charge in [-0.2, -0.15) is 0 Å². The van der Waals surface area contributed by atoms with Crippen molar-refractivity contribution in [3.63, 3.8) is 0 Å². The summed E-state index contributed by atoms with van der Waals surface area (Å²) in [6.07, 6.45) is 12.4. The normalized spacial score (nSPS) is 24.9. The van der Waals surface area contributed by atoms with Crippen molar-refractivity contribution in [2.75, 3.05) is 6.54 Å². The van der Waals surface area contributed by atoms with Gasteiger partial charge in [-0.3, -0.25) is 14.1 Å². The lowest BCUT2D eigenvalue weighted by Crippen LogP contribution is -2.41. The molecule has 3 heterocycles. The van der Waals surface area contributed by atoms with Gasteiger partial charge >= 0.3 is 0 Å². The van der Waals surface area contributed by atoms with Gasteiger partial charge in [0.2, 0.25) is 5.78 Å². The van der Waals surface area contributed by atoms with Crippen molar-refractivity contribution in [3.8, 4) is 0 Å². The van der Waals surface area contributed by atoms with Gasteiger partial charge in [0, 0.05) is 30.2 Å². The van der Waals surface area contributed by atoms with Gasteiger partial charge < -0.3 is 4.98 Å². The molecule has 0 spiro atoms. The number of likely N-dealkylation sites (tertiary alicyclic amines) is 1. The summed E-state index contributed by atoms with van der Waals surface area (Å²) in [6.45, 7) is 1.16. The average Bonchev–Trinajstić information content (AvgIpc) is 3.18. The van der Waals surface area contributed by atoms with Crippen molar-refractivity contribution in [2.45, 2.75) is 57.0 Å². The highest BCUT2D eigenvalue weighted by Gasteiger charge is 2.32. The van der Waals surface area contributed by atoms with Crippen LogP contribution in [0, 0.1) is 0 Å².